The zero-order valence-electron chi connectivity index (χ0n) is 11.5. The molecule has 1 aromatic heterocycles. The van der Waals surface area contributed by atoms with Crippen molar-refractivity contribution < 1.29 is 4.74 Å². The maximum absolute atomic E-state index is 5.97. The highest BCUT2D eigenvalue weighted by atomic mass is 35.5. The van der Waals surface area contributed by atoms with Gasteiger partial charge in [-0.25, -0.2) is 0 Å². The molecule has 100 valence electrons. The second-order valence-electron chi connectivity index (χ2n) is 4.96. The molecule has 0 fully saturated rings. The summed E-state index contributed by atoms with van der Waals surface area (Å²) in [5.41, 5.74) is 3.33. The van der Waals surface area contributed by atoms with Crippen LogP contribution in [0.5, 0.6) is 11.5 Å². The number of aryl methyl sites for hydroxylation is 1. The first-order valence-corrected chi connectivity index (χ1v) is 6.92. The molecule has 3 heteroatoms. The van der Waals surface area contributed by atoms with E-state index in [1.54, 1.807) is 12.4 Å². The summed E-state index contributed by atoms with van der Waals surface area (Å²) in [6, 6.07) is 8.21. The molecule has 1 aromatic carbocycles. The van der Waals surface area contributed by atoms with Crippen LogP contribution in [0.4, 0.5) is 0 Å². The van der Waals surface area contributed by atoms with Crippen molar-refractivity contribution in [1.82, 2.24) is 4.98 Å². The fourth-order valence-electron chi connectivity index (χ4n) is 1.93. The van der Waals surface area contributed by atoms with Crippen molar-refractivity contribution in [2.24, 2.45) is 0 Å². The van der Waals surface area contributed by atoms with E-state index in [0.717, 1.165) is 17.1 Å². The van der Waals surface area contributed by atoms with Crippen LogP contribution in [-0.4, -0.2) is 4.98 Å². The Balaban J connectivity index is 2.33. The van der Waals surface area contributed by atoms with E-state index in [1.807, 2.05) is 6.07 Å². The van der Waals surface area contributed by atoms with Crippen LogP contribution in [0.1, 0.15) is 36.5 Å². The van der Waals surface area contributed by atoms with Crippen LogP contribution < -0.4 is 4.74 Å². The number of nitrogens with zero attached hydrogens (tertiary/aromatic N) is 1. The highest BCUT2D eigenvalue weighted by Gasteiger charge is 2.09. The minimum atomic E-state index is 0.416. The Morgan fingerprint density at radius 1 is 1.21 bits per heavy atom. The third kappa shape index (κ3) is 3.48. The lowest BCUT2D eigenvalue weighted by atomic mass is 10.0. The Hall–Kier alpha value is -1.54. The largest absolute Gasteiger partial charge is 0.455 e. The monoisotopic (exact) mass is 275 g/mol. The number of rotatable bonds is 4. The average molecular weight is 276 g/mol. The molecule has 0 spiro atoms. The van der Waals surface area contributed by atoms with Gasteiger partial charge in [-0.15, -0.1) is 11.6 Å². The third-order valence-electron chi connectivity index (χ3n) is 2.94. The number of hydrogen-bond donors (Lipinski definition) is 0. The maximum atomic E-state index is 5.97. The lowest BCUT2D eigenvalue weighted by Crippen LogP contribution is -1.95. The first-order chi connectivity index (χ1) is 9.10. The molecule has 19 heavy (non-hydrogen) atoms. The van der Waals surface area contributed by atoms with Gasteiger partial charge < -0.3 is 4.74 Å². The second kappa shape index (κ2) is 6.07. The Bertz CT molecular complexity index is 566. The Kier molecular flexibility index (Phi) is 4.43. The molecule has 0 aliphatic carbocycles. The summed E-state index contributed by atoms with van der Waals surface area (Å²) in [5.74, 6) is 2.48. The van der Waals surface area contributed by atoms with Crippen molar-refractivity contribution >= 4 is 11.6 Å². The number of aromatic nitrogens is 1. The summed E-state index contributed by atoms with van der Waals surface area (Å²) in [7, 11) is 0. The van der Waals surface area contributed by atoms with Crippen molar-refractivity contribution in [3.05, 3.63) is 53.3 Å². The van der Waals surface area contributed by atoms with E-state index < -0.39 is 0 Å². The summed E-state index contributed by atoms with van der Waals surface area (Å²) in [5, 5.41) is 0. The molecule has 2 nitrogen and oxygen atoms in total. The van der Waals surface area contributed by atoms with Crippen LogP contribution in [-0.2, 0) is 5.88 Å². The topological polar surface area (TPSA) is 22.1 Å². The molecular formula is C16H18ClNO. The Labute approximate surface area is 119 Å². The number of ether oxygens (including phenoxy) is 1. The van der Waals surface area contributed by atoms with E-state index in [4.69, 9.17) is 16.3 Å². The van der Waals surface area contributed by atoms with Gasteiger partial charge in [0.2, 0.25) is 0 Å². The molecule has 0 aliphatic rings. The van der Waals surface area contributed by atoms with Gasteiger partial charge in [-0.1, -0.05) is 26.0 Å². The molecular weight excluding hydrogens is 258 g/mol. The standard InChI is InChI=1S/C16H18ClNO/c1-11(2)15-5-4-12(3)6-16(15)19-14-7-13(8-17)9-18-10-14/h4-7,9-11H,8H2,1-3H3. The predicted molar refractivity (Wildman–Crippen MR) is 79.1 cm³/mol. The van der Waals surface area contributed by atoms with Crippen molar-refractivity contribution in [2.45, 2.75) is 32.6 Å². The van der Waals surface area contributed by atoms with Crippen LogP contribution in [0.3, 0.4) is 0 Å². The molecule has 0 unspecified atom stereocenters. The van der Waals surface area contributed by atoms with Crippen LogP contribution in [0.15, 0.2) is 36.7 Å². The molecule has 2 rings (SSSR count). The molecule has 0 N–H and O–H groups in total. The number of hydrogen-bond acceptors (Lipinski definition) is 2. The van der Waals surface area contributed by atoms with E-state index in [0.29, 0.717) is 11.8 Å². The fourth-order valence-corrected chi connectivity index (χ4v) is 2.07. The van der Waals surface area contributed by atoms with E-state index in [-0.39, 0.29) is 0 Å². The third-order valence-corrected chi connectivity index (χ3v) is 3.25. The van der Waals surface area contributed by atoms with E-state index in [2.05, 4.69) is 44.0 Å². The summed E-state index contributed by atoms with van der Waals surface area (Å²) >= 11 is 5.81. The number of pyridine rings is 1. The van der Waals surface area contributed by atoms with Gasteiger partial charge in [0.15, 0.2) is 0 Å². The molecule has 2 aromatic rings. The van der Waals surface area contributed by atoms with Gasteiger partial charge >= 0.3 is 0 Å². The lowest BCUT2D eigenvalue weighted by Gasteiger charge is -2.14. The maximum Gasteiger partial charge on any atom is 0.146 e. The number of alkyl halides is 1. The lowest BCUT2D eigenvalue weighted by molar-refractivity contribution is 0.470. The average Bonchev–Trinajstić information content (AvgIpc) is 2.38. The van der Waals surface area contributed by atoms with Gasteiger partial charge in [-0.05, 0) is 41.7 Å². The molecule has 0 atom stereocenters. The molecule has 0 bridgehead atoms. The summed E-state index contributed by atoms with van der Waals surface area (Å²) in [6.07, 6.45) is 3.46. The Morgan fingerprint density at radius 2 is 2.00 bits per heavy atom. The first kappa shape index (κ1) is 13.9. The van der Waals surface area contributed by atoms with Crippen molar-refractivity contribution in [2.75, 3.05) is 0 Å². The highest BCUT2D eigenvalue weighted by Crippen LogP contribution is 2.31. The van der Waals surface area contributed by atoms with E-state index in [9.17, 15) is 0 Å². The van der Waals surface area contributed by atoms with Gasteiger partial charge in [0, 0.05) is 12.1 Å². The minimum absolute atomic E-state index is 0.416. The van der Waals surface area contributed by atoms with Crippen molar-refractivity contribution in [3.63, 3.8) is 0 Å². The smallest absolute Gasteiger partial charge is 0.146 e. The van der Waals surface area contributed by atoms with Gasteiger partial charge in [0.25, 0.3) is 0 Å². The highest BCUT2D eigenvalue weighted by molar-refractivity contribution is 6.17. The number of benzene rings is 1. The summed E-state index contributed by atoms with van der Waals surface area (Å²) in [6.45, 7) is 6.38. The molecule has 0 aliphatic heterocycles. The van der Waals surface area contributed by atoms with Crippen LogP contribution in [0.2, 0.25) is 0 Å². The summed E-state index contributed by atoms with van der Waals surface area (Å²) in [4.78, 5) is 4.14. The molecule has 0 saturated heterocycles. The summed E-state index contributed by atoms with van der Waals surface area (Å²) < 4.78 is 5.97. The molecule has 0 radical (unpaired) electrons. The quantitative estimate of drug-likeness (QED) is 0.729. The number of halogens is 1. The predicted octanol–water partition coefficient (Wildman–Crippen LogP) is 5.04. The van der Waals surface area contributed by atoms with E-state index in [1.165, 1.54) is 11.1 Å². The van der Waals surface area contributed by atoms with Crippen molar-refractivity contribution in [1.29, 1.82) is 0 Å². The molecule has 0 saturated carbocycles. The van der Waals surface area contributed by atoms with Gasteiger partial charge in [-0.3, -0.25) is 4.98 Å². The van der Waals surface area contributed by atoms with Gasteiger partial charge in [0.1, 0.15) is 11.5 Å². The van der Waals surface area contributed by atoms with Gasteiger partial charge in [-0.2, -0.15) is 0 Å². The second-order valence-corrected chi connectivity index (χ2v) is 5.23. The normalized spacial score (nSPS) is 10.8. The van der Waals surface area contributed by atoms with Crippen LogP contribution >= 0.6 is 11.6 Å². The van der Waals surface area contributed by atoms with Crippen LogP contribution in [0.25, 0.3) is 0 Å². The van der Waals surface area contributed by atoms with E-state index >= 15 is 0 Å². The van der Waals surface area contributed by atoms with Crippen molar-refractivity contribution in [3.8, 4) is 11.5 Å². The fraction of sp³-hybridized carbons (Fsp3) is 0.312. The zero-order valence-corrected chi connectivity index (χ0v) is 12.2. The zero-order chi connectivity index (χ0) is 13.8. The van der Waals surface area contributed by atoms with Crippen LogP contribution in [0, 0.1) is 6.92 Å². The first-order valence-electron chi connectivity index (χ1n) is 6.38. The minimum Gasteiger partial charge on any atom is -0.455 e. The molecule has 1 heterocycles. The molecule has 0 amide bonds. The Morgan fingerprint density at radius 3 is 2.68 bits per heavy atom. The van der Waals surface area contributed by atoms with Gasteiger partial charge in [0.05, 0.1) is 6.20 Å². The SMILES string of the molecule is Cc1ccc(C(C)C)c(Oc2cncc(CCl)c2)c1.